The summed E-state index contributed by atoms with van der Waals surface area (Å²) in [6.45, 7) is 7.53. The molecule has 3 nitrogen and oxygen atoms in total. The molecule has 0 saturated carbocycles. The minimum Gasteiger partial charge on any atom is -0.370 e. The number of anilines is 1. The predicted octanol–water partition coefficient (Wildman–Crippen LogP) is 3.24. The Hall–Kier alpha value is -0.770. The van der Waals surface area contributed by atoms with Crippen LogP contribution in [0.1, 0.15) is 44.3 Å². The minimum atomic E-state index is 0.712. The van der Waals surface area contributed by atoms with Crippen molar-refractivity contribution in [2.45, 2.75) is 45.1 Å². The van der Waals surface area contributed by atoms with Crippen LogP contribution in [0.2, 0.25) is 0 Å². The molecule has 0 unspecified atom stereocenters. The molecule has 2 rings (SSSR count). The van der Waals surface area contributed by atoms with Gasteiger partial charge in [-0.25, -0.2) is 9.97 Å². The zero-order valence-corrected chi connectivity index (χ0v) is 11.7. The number of hydrogen-bond donors (Lipinski definition) is 1. The molecule has 0 spiro atoms. The van der Waals surface area contributed by atoms with Crippen molar-refractivity contribution in [3.63, 3.8) is 0 Å². The third kappa shape index (κ3) is 3.12. The molecular formula is C13H21N3S. The summed E-state index contributed by atoms with van der Waals surface area (Å²) in [7, 11) is 0. The van der Waals surface area contributed by atoms with Crippen LogP contribution in [-0.4, -0.2) is 16.5 Å². The highest BCUT2D eigenvalue weighted by Gasteiger charge is 2.19. The first kappa shape index (κ1) is 12.7. The second-order valence-corrected chi connectivity index (χ2v) is 5.85. The van der Waals surface area contributed by atoms with Crippen molar-refractivity contribution in [2.24, 2.45) is 5.92 Å². The van der Waals surface area contributed by atoms with E-state index < -0.39 is 0 Å². The molecule has 1 aliphatic heterocycles. The molecule has 1 aromatic rings. The Morgan fingerprint density at radius 1 is 1.29 bits per heavy atom. The van der Waals surface area contributed by atoms with Crippen LogP contribution < -0.4 is 5.32 Å². The zero-order valence-electron chi connectivity index (χ0n) is 10.9. The number of nitrogens with zero attached hydrogens (tertiary/aromatic N) is 2. The molecule has 0 saturated heterocycles. The molecule has 0 amide bonds. The number of rotatable bonds is 5. The van der Waals surface area contributed by atoms with Crippen molar-refractivity contribution in [3.05, 3.63) is 17.1 Å². The van der Waals surface area contributed by atoms with E-state index in [0.29, 0.717) is 5.92 Å². The topological polar surface area (TPSA) is 37.8 Å². The SMILES string of the molecule is CCNc1nc(CCC(C)C)nc2c1CSC2. The maximum atomic E-state index is 4.70. The lowest BCUT2D eigenvalue weighted by atomic mass is 10.1. The first-order chi connectivity index (χ1) is 8.20. The van der Waals surface area contributed by atoms with Crippen LogP contribution in [0.3, 0.4) is 0 Å². The third-order valence-corrected chi connectivity index (χ3v) is 3.88. The average molecular weight is 251 g/mol. The van der Waals surface area contributed by atoms with E-state index in [9.17, 15) is 0 Å². The van der Waals surface area contributed by atoms with Gasteiger partial charge < -0.3 is 5.32 Å². The van der Waals surface area contributed by atoms with Crippen LogP contribution >= 0.6 is 11.8 Å². The number of aromatic nitrogens is 2. The van der Waals surface area contributed by atoms with Crippen LogP contribution in [0.15, 0.2) is 0 Å². The van der Waals surface area contributed by atoms with Crippen LogP contribution in [0.5, 0.6) is 0 Å². The molecule has 1 N–H and O–H groups in total. The van der Waals surface area contributed by atoms with Crippen molar-refractivity contribution in [1.82, 2.24) is 9.97 Å². The highest BCUT2D eigenvalue weighted by molar-refractivity contribution is 7.98. The van der Waals surface area contributed by atoms with Gasteiger partial charge in [-0.1, -0.05) is 13.8 Å². The fourth-order valence-corrected chi connectivity index (χ4v) is 2.99. The van der Waals surface area contributed by atoms with Gasteiger partial charge in [0.15, 0.2) is 0 Å². The molecule has 0 aliphatic carbocycles. The fraction of sp³-hybridized carbons (Fsp3) is 0.692. The molecule has 2 heterocycles. The number of nitrogens with one attached hydrogen (secondary N) is 1. The molecule has 4 heteroatoms. The second kappa shape index (κ2) is 5.71. The van der Waals surface area contributed by atoms with Gasteiger partial charge in [-0.15, -0.1) is 0 Å². The predicted molar refractivity (Wildman–Crippen MR) is 74.4 cm³/mol. The van der Waals surface area contributed by atoms with Gasteiger partial charge in [0.25, 0.3) is 0 Å². The summed E-state index contributed by atoms with van der Waals surface area (Å²) in [6.07, 6.45) is 2.16. The van der Waals surface area contributed by atoms with Gasteiger partial charge in [-0.05, 0) is 19.3 Å². The normalized spacial score (nSPS) is 14.1. The summed E-state index contributed by atoms with van der Waals surface area (Å²) >= 11 is 1.93. The molecule has 1 aliphatic rings. The monoisotopic (exact) mass is 251 g/mol. The molecule has 1 aromatic heterocycles. The Kier molecular flexibility index (Phi) is 4.26. The van der Waals surface area contributed by atoms with E-state index in [-0.39, 0.29) is 0 Å². The van der Waals surface area contributed by atoms with Crippen molar-refractivity contribution < 1.29 is 0 Å². The van der Waals surface area contributed by atoms with E-state index in [1.54, 1.807) is 0 Å². The zero-order chi connectivity index (χ0) is 12.3. The van der Waals surface area contributed by atoms with Crippen LogP contribution in [0.25, 0.3) is 0 Å². The van der Waals surface area contributed by atoms with E-state index in [0.717, 1.165) is 42.5 Å². The van der Waals surface area contributed by atoms with Crippen LogP contribution in [0.4, 0.5) is 5.82 Å². The van der Waals surface area contributed by atoms with Crippen LogP contribution in [-0.2, 0) is 17.9 Å². The summed E-state index contributed by atoms with van der Waals surface area (Å²) < 4.78 is 0. The van der Waals surface area contributed by atoms with Gasteiger partial charge in [0, 0.05) is 30.0 Å². The first-order valence-corrected chi connectivity index (χ1v) is 7.56. The maximum absolute atomic E-state index is 4.70. The smallest absolute Gasteiger partial charge is 0.134 e. The Bertz CT molecular complexity index is 390. The van der Waals surface area contributed by atoms with Crippen molar-refractivity contribution in [2.75, 3.05) is 11.9 Å². The lowest BCUT2D eigenvalue weighted by Crippen LogP contribution is -2.09. The number of hydrogen-bond acceptors (Lipinski definition) is 4. The molecular weight excluding hydrogens is 230 g/mol. The summed E-state index contributed by atoms with van der Waals surface area (Å²) in [5.74, 6) is 4.90. The van der Waals surface area contributed by atoms with Gasteiger partial charge in [-0.2, -0.15) is 11.8 Å². The Morgan fingerprint density at radius 2 is 2.12 bits per heavy atom. The molecule has 0 radical (unpaired) electrons. The summed E-state index contributed by atoms with van der Waals surface area (Å²) in [6, 6.07) is 0. The molecule has 0 aromatic carbocycles. The largest absolute Gasteiger partial charge is 0.370 e. The van der Waals surface area contributed by atoms with E-state index in [1.165, 1.54) is 11.3 Å². The molecule has 0 atom stereocenters. The number of aryl methyl sites for hydroxylation is 1. The lowest BCUT2D eigenvalue weighted by Gasteiger charge is -2.11. The van der Waals surface area contributed by atoms with Gasteiger partial charge in [0.2, 0.25) is 0 Å². The summed E-state index contributed by atoms with van der Waals surface area (Å²) in [5, 5.41) is 3.37. The van der Waals surface area contributed by atoms with E-state index in [2.05, 4.69) is 31.1 Å². The highest BCUT2D eigenvalue weighted by Crippen LogP contribution is 2.32. The van der Waals surface area contributed by atoms with E-state index in [4.69, 9.17) is 4.98 Å². The van der Waals surface area contributed by atoms with Gasteiger partial charge in [0.05, 0.1) is 5.69 Å². The minimum absolute atomic E-state index is 0.712. The lowest BCUT2D eigenvalue weighted by molar-refractivity contribution is 0.574. The Morgan fingerprint density at radius 3 is 2.82 bits per heavy atom. The molecule has 0 fully saturated rings. The average Bonchev–Trinajstić information content (AvgIpc) is 2.75. The van der Waals surface area contributed by atoms with Crippen molar-refractivity contribution in [3.8, 4) is 0 Å². The number of fused-ring (bicyclic) bond motifs is 1. The molecule has 0 bridgehead atoms. The summed E-state index contributed by atoms with van der Waals surface area (Å²) in [4.78, 5) is 9.37. The standard InChI is InChI=1S/C13H21N3S/c1-4-14-13-10-7-17-8-11(10)15-12(16-13)6-5-9(2)3/h9H,4-8H2,1-3H3,(H,14,15,16). The van der Waals surface area contributed by atoms with Crippen LogP contribution in [0, 0.1) is 5.92 Å². The van der Waals surface area contributed by atoms with E-state index >= 15 is 0 Å². The van der Waals surface area contributed by atoms with Gasteiger partial charge in [-0.3, -0.25) is 0 Å². The highest BCUT2D eigenvalue weighted by atomic mass is 32.2. The first-order valence-electron chi connectivity index (χ1n) is 6.41. The third-order valence-electron chi connectivity index (χ3n) is 2.91. The van der Waals surface area contributed by atoms with Gasteiger partial charge >= 0.3 is 0 Å². The van der Waals surface area contributed by atoms with Gasteiger partial charge in [0.1, 0.15) is 11.6 Å². The Labute approximate surface area is 108 Å². The van der Waals surface area contributed by atoms with E-state index in [1.807, 2.05) is 11.8 Å². The number of thioether (sulfide) groups is 1. The quantitative estimate of drug-likeness (QED) is 0.872. The molecule has 94 valence electrons. The summed E-state index contributed by atoms with van der Waals surface area (Å²) in [5.41, 5.74) is 2.57. The molecule has 17 heavy (non-hydrogen) atoms. The van der Waals surface area contributed by atoms with Crippen molar-refractivity contribution >= 4 is 17.6 Å². The fourth-order valence-electron chi connectivity index (χ4n) is 1.95. The van der Waals surface area contributed by atoms with Crippen molar-refractivity contribution in [1.29, 1.82) is 0 Å². The Balaban J connectivity index is 2.20. The second-order valence-electron chi connectivity index (χ2n) is 4.87. The maximum Gasteiger partial charge on any atom is 0.134 e.